The number of likely N-dealkylation sites (tertiary alicyclic amines) is 1. The average Bonchev–Trinajstić information content (AvgIpc) is 3.61. The van der Waals surface area contributed by atoms with Gasteiger partial charge < -0.3 is 19.9 Å². The predicted octanol–water partition coefficient (Wildman–Crippen LogP) is 4.31. The Morgan fingerprint density at radius 1 is 1.00 bits per heavy atom. The van der Waals surface area contributed by atoms with Crippen molar-refractivity contribution in [2.75, 3.05) is 38.1 Å². The van der Waals surface area contributed by atoms with E-state index in [-0.39, 0.29) is 23.5 Å². The lowest BCUT2D eigenvalue weighted by atomic mass is 10.0. The standard InChI is InChI=1S/C28H36N4O6S2/c1-3-38-28(35)31-17-13-22-23(18-31)39-26(24(22)27(34)30-14-6-7-15-30)29-25(33)20-9-11-21(12-10-20)40(36,37)32-16-5-4-8-19(32)2/h9-12,19H,3-8,13-18H2,1-2H3,(H,29,33). The number of hydrogen-bond donors (Lipinski definition) is 1. The van der Waals surface area contributed by atoms with Crippen LogP contribution in [0.5, 0.6) is 0 Å². The highest BCUT2D eigenvalue weighted by molar-refractivity contribution is 7.89. The molecule has 0 aliphatic carbocycles. The van der Waals surface area contributed by atoms with E-state index in [1.165, 1.54) is 39.9 Å². The number of nitrogens with one attached hydrogen (secondary N) is 1. The minimum Gasteiger partial charge on any atom is -0.450 e. The number of amides is 3. The van der Waals surface area contributed by atoms with E-state index in [4.69, 9.17) is 4.74 Å². The van der Waals surface area contributed by atoms with Crippen LogP contribution in [0.3, 0.4) is 0 Å². The van der Waals surface area contributed by atoms with Crippen LogP contribution in [0.25, 0.3) is 0 Å². The molecule has 216 valence electrons. The number of carbonyl (C=O) groups is 3. The molecule has 3 amide bonds. The fraction of sp³-hybridized carbons (Fsp3) is 0.536. The summed E-state index contributed by atoms with van der Waals surface area (Å²) < 4.78 is 33.1. The normalized spacial score (nSPS) is 19.8. The Morgan fingerprint density at radius 2 is 1.70 bits per heavy atom. The zero-order valence-corrected chi connectivity index (χ0v) is 24.6. The van der Waals surface area contributed by atoms with Gasteiger partial charge in [-0.15, -0.1) is 11.3 Å². The quantitative estimate of drug-likeness (QED) is 0.538. The topological polar surface area (TPSA) is 116 Å². The van der Waals surface area contributed by atoms with Gasteiger partial charge in [0.15, 0.2) is 0 Å². The van der Waals surface area contributed by atoms with Crippen molar-refractivity contribution in [2.24, 2.45) is 0 Å². The zero-order chi connectivity index (χ0) is 28.4. The third-order valence-corrected chi connectivity index (χ3v) is 11.0. The molecule has 2 saturated heterocycles. The molecule has 0 saturated carbocycles. The molecule has 0 bridgehead atoms. The van der Waals surface area contributed by atoms with Crippen LogP contribution in [0, 0.1) is 0 Å². The second-order valence-electron chi connectivity index (χ2n) is 10.5. The summed E-state index contributed by atoms with van der Waals surface area (Å²) in [5.74, 6) is -0.529. The molecule has 1 aromatic carbocycles. The number of ether oxygens (including phenoxy) is 1. The number of thiophene rings is 1. The fourth-order valence-electron chi connectivity index (χ4n) is 5.68. The predicted molar refractivity (Wildman–Crippen MR) is 152 cm³/mol. The number of nitrogens with zero attached hydrogens (tertiary/aromatic N) is 3. The van der Waals surface area contributed by atoms with Gasteiger partial charge in [0.1, 0.15) is 5.00 Å². The maximum atomic E-state index is 13.6. The van der Waals surface area contributed by atoms with Gasteiger partial charge in [-0.2, -0.15) is 4.31 Å². The van der Waals surface area contributed by atoms with Crippen LogP contribution in [0.1, 0.15) is 77.1 Å². The molecule has 1 N–H and O–H groups in total. The van der Waals surface area contributed by atoms with Gasteiger partial charge in [-0.1, -0.05) is 6.42 Å². The number of anilines is 1. The molecule has 0 spiro atoms. The molecule has 1 atom stereocenters. The van der Waals surface area contributed by atoms with Crippen molar-refractivity contribution < 1.29 is 27.5 Å². The van der Waals surface area contributed by atoms with E-state index < -0.39 is 22.0 Å². The molecule has 1 aromatic heterocycles. The molecule has 10 nitrogen and oxygen atoms in total. The second-order valence-corrected chi connectivity index (χ2v) is 13.5. The Morgan fingerprint density at radius 3 is 2.38 bits per heavy atom. The van der Waals surface area contributed by atoms with Gasteiger partial charge in [-0.25, -0.2) is 13.2 Å². The van der Waals surface area contributed by atoms with Crippen molar-refractivity contribution in [3.05, 3.63) is 45.8 Å². The first-order chi connectivity index (χ1) is 19.2. The molecular weight excluding hydrogens is 552 g/mol. The Labute approximate surface area is 239 Å². The van der Waals surface area contributed by atoms with Gasteiger partial charge in [-0.3, -0.25) is 9.59 Å². The summed E-state index contributed by atoms with van der Waals surface area (Å²) in [6, 6.07) is 5.90. The van der Waals surface area contributed by atoms with E-state index in [0.717, 1.165) is 42.5 Å². The van der Waals surface area contributed by atoms with Crippen molar-refractivity contribution in [1.82, 2.24) is 14.1 Å². The van der Waals surface area contributed by atoms with Crippen LogP contribution in [-0.4, -0.2) is 79.3 Å². The van der Waals surface area contributed by atoms with E-state index in [1.807, 2.05) is 11.8 Å². The van der Waals surface area contributed by atoms with E-state index in [9.17, 15) is 22.8 Å². The smallest absolute Gasteiger partial charge is 0.410 e. The Hall–Kier alpha value is -2.96. The number of rotatable bonds is 6. The second kappa shape index (κ2) is 11.9. The minimum absolute atomic E-state index is 0.0575. The average molecular weight is 589 g/mol. The van der Waals surface area contributed by atoms with E-state index in [2.05, 4.69) is 5.32 Å². The summed E-state index contributed by atoms with van der Waals surface area (Å²) >= 11 is 1.31. The molecule has 3 aliphatic rings. The highest BCUT2D eigenvalue weighted by Crippen LogP contribution is 2.39. The Kier molecular flexibility index (Phi) is 8.48. The first-order valence-electron chi connectivity index (χ1n) is 14.0. The number of benzene rings is 1. The van der Waals surface area contributed by atoms with Gasteiger partial charge in [-0.05, 0) is 75.8 Å². The molecule has 40 heavy (non-hydrogen) atoms. The third kappa shape index (κ3) is 5.61. The van der Waals surface area contributed by atoms with Crippen molar-refractivity contribution in [1.29, 1.82) is 0 Å². The lowest BCUT2D eigenvalue weighted by Gasteiger charge is -2.32. The summed E-state index contributed by atoms with van der Waals surface area (Å²) in [6.07, 6.45) is 4.68. The van der Waals surface area contributed by atoms with Gasteiger partial charge in [0.05, 0.1) is 23.6 Å². The van der Waals surface area contributed by atoms with Crippen LogP contribution < -0.4 is 5.32 Å². The molecule has 3 aliphatic heterocycles. The molecular formula is C28H36N4O6S2. The number of sulfonamides is 1. The lowest BCUT2D eigenvalue weighted by Crippen LogP contribution is -2.41. The minimum atomic E-state index is -3.65. The van der Waals surface area contributed by atoms with Gasteiger partial charge in [0.25, 0.3) is 11.8 Å². The summed E-state index contributed by atoms with van der Waals surface area (Å²) in [7, 11) is -3.65. The maximum absolute atomic E-state index is 13.6. The number of piperidine rings is 1. The summed E-state index contributed by atoms with van der Waals surface area (Å²) in [5.41, 5.74) is 1.66. The maximum Gasteiger partial charge on any atom is 0.410 e. The fourth-order valence-corrected chi connectivity index (χ4v) is 8.63. The first-order valence-corrected chi connectivity index (χ1v) is 16.2. The molecule has 5 rings (SSSR count). The third-order valence-electron chi connectivity index (χ3n) is 7.88. The van der Waals surface area contributed by atoms with Crippen LogP contribution in [-0.2, 0) is 27.7 Å². The van der Waals surface area contributed by atoms with Crippen molar-refractivity contribution in [3.8, 4) is 0 Å². The van der Waals surface area contributed by atoms with Gasteiger partial charge >= 0.3 is 6.09 Å². The Balaban J connectivity index is 1.38. The summed E-state index contributed by atoms with van der Waals surface area (Å²) in [5, 5.41) is 3.38. The summed E-state index contributed by atoms with van der Waals surface area (Å²) in [6.45, 7) is 6.56. The molecule has 0 radical (unpaired) electrons. The van der Waals surface area contributed by atoms with Crippen LogP contribution in [0.4, 0.5) is 9.80 Å². The summed E-state index contributed by atoms with van der Waals surface area (Å²) in [4.78, 5) is 43.7. The molecule has 12 heteroatoms. The largest absolute Gasteiger partial charge is 0.450 e. The first kappa shape index (κ1) is 28.6. The van der Waals surface area contributed by atoms with Gasteiger partial charge in [0, 0.05) is 42.7 Å². The number of fused-ring (bicyclic) bond motifs is 1. The Bertz CT molecular complexity index is 1380. The molecule has 1 unspecified atom stereocenters. The van der Waals surface area contributed by atoms with Crippen molar-refractivity contribution in [3.63, 3.8) is 0 Å². The van der Waals surface area contributed by atoms with E-state index in [0.29, 0.717) is 55.3 Å². The van der Waals surface area contributed by atoms with E-state index in [1.54, 1.807) is 11.8 Å². The van der Waals surface area contributed by atoms with Crippen LogP contribution in [0.2, 0.25) is 0 Å². The number of carbonyl (C=O) groups excluding carboxylic acids is 3. The van der Waals surface area contributed by atoms with Crippen molar-refractivity contribution in [2.45, 2.75) is 69.9 Å². The lowest BCUT2D eigenvalue weighted by molar-refractivity contribution is 0.0792. The molecule has 4 heterocycles. The monoisotopic (exact) mass is 588 g/mol. The number of hydrogen-bond acceptors (Lipinski definition) is 7. The van der Waals surface area contributed by atoms with Crippen LogP contribution in [0.15, 0.2) is 29.2 Å². The van der Waals surface area contributed by atoms with Crippen LogP contribution >= 0.6 is 11.3 Å². The molecule has 2 fully saturated rings. The highest BCUT2D eigenvalue weighted by Gasteiger charge is 2.34. The zero-order valence-electron chi connectivity index (χ0n) is 23.0. The van der Waals surface area contributed by atoms with Crippen molar-refractivity contribution >= 4 is 44.3 Å². The molecule has 2 aromatic rings. The SMILES string of the molecule is CCOC(=O)N1CCc2c(sc(NC(=O)c3ccc(S(=O)(=O)N4CCCCC4C)cc3)c2C(=O)N2CCCC2)C1. The highest BCUT2D eigenvalue weighted by atomic mass is 32.2. The van der Waals surface area contributed by atoms with E-state index >= 15 is 0 Å². The van der Waals surface area contributed by atoms with Gasteiger partial charge in [0.2, 0.25) is 10.0 Å².